The number of hydrogen-bond acceptors (Lipinski definition) is 2. The molecule has 1 fully saturated rings. The molecule has 0 saturated heterocycles. The van der Waals surface area contributed by atoms with E-state index >= 15 is 0 Å². The zero-order chi connectivity index (χ0) is 21.5. The molecule has 1 aromatic carbocycles. The molecule has 1 saturated carbocycles. The van der Waals surface area contributed by atoms with E-state index in [1.807, 2.05) is 24.3 Å². The van der Waals surface area contributed by atoms with Crippen LogP contribution >= 0.6 is 0 Å². The van der Waals surface area contributed by atoms with Crippen LogP contribution in [0.2, 0.25) is 0 Å². The second kappa shape index (κ2) is 10.5. The van der Waals surface area contributed by atoms with E-state index in [4.69, 9.17) is 5.73 Å². The molecule has 30 heavy (non-hydrogen) atoms. The molecule has 0 unspecified atom stereocenters. The van der Waals surface area contributed by atoms with Crippen molar-refractivity contribution in [2.24, 2.45) is 5.73 Å². The third kappa shape index (κ3) is 4.78. The van der Waals surface area contributed by atoms with Crippen LogP contribution in [0.25, 0.3) is 11.1 Å². The number of carbonyl (C=O) groups is 1. The number of nitrogens with zero attached hydrogens (tertiary/aromatic N) is 2. The van der Waals surface area contributed by atoms with Crippen LogP contribution < -0.4 is 5.73 Å². The fraction of sp³-hybridized carbons (Fsp3) is 0.538. The Kier molecular flexibility index (Phi) is 7.74. The second-order valence-corrected chi connectivity index (χ2v) is 8.66. The van der Waals surface area contributed by atoms with Crippen molar-refractivity contribution < 1.29 is 4.79 Å². The molecule has 1 heterocycles. The van der Waals surface area contributed by atoms with E-state index in [2.05, 4.69) is 24.5 Å². The van der Waals surface area contributed by atoms with Crippen LogP contribution in [-0.4, -0.2) is 10.5 Å². The molecule has 2 N–H and O–H groups in total. The van der Waals surface area contributed by atoms with Gasteiger partial charge < -0.3 is 10.3 Å². The summed E-state index contributed by atoms with van der Waals surface area (Å²) in [7, 11) is 0. The van der Waals surface area contributed by atoms with Crippen LogP contribution in [0.3, 0.4) is 0 Å². The van der Waals surface area contributed by atoms with Crippen LogP contribution in [0.1, 0.15) is 104 Å². The van der Waals surface area contributed by atoms with Crippen LogP contribution in [-0.2, 0) is 6.42 Å². The van der Waals surface area contributed by atoms with Crippen molar-refractivity contribution in [2.45, 2.75) is 90.5 Å². The lowest BCUT2D eigenvalue weighted by Gasteiger charge is -2.26. The Balaban J connectivity index is 2.16. The minimum Gasteiger partial charge on any atom is -0.366 e. The van der Waals surface area contributed by atoms with E-state index in [0.717, 1.165) is 36.1 Å². The number of primary amides is 1. The van der Waals surface area contributed by atoms with E-state index in [1.54, 1.807) is 0 Å². The highest BCUT2D eigenvalue weighted by atomic mass is 16.1. The molecule has 0 aliphatic heterocycles. The Morgan fingerprint density at radius 2 is 1.73 bits per heavy atom. The van der Waals surface area contributed by atoms with Crippen molar-refractivity contribution in [2.75, 3.05) is 0 Å². The van der Waals surface area contributed by atoms with Gasteiger partial charge in [0.2, 0.25) is 0 Å². The molecule has 0 spiro atoms. The van der Waals surface area contributed by atoms with Crippen molar-refractivity contribution in [3.63, 3.8) is 0 Å². The number of hydrogen-bond donors (Lipinski definition) is 1. The lowest BCUT2D eigenvalue weighted by molar-refractivity contribution is 0.1000. The van der Waals surface area contributed by atoms with E-state index < -0.39 is 0 Å². The predicted molar refractivity (Wildman–Crippen MR) is 122 cm³/mol. The first-order valence-electron chi connectivity index (χ1n) is 11.6. The summed E-state index contributed by atoms with van der Waals surface area (Å²) in [5, 5.41) is 9.18. The minimum absolute atomic E-state index is 0.354. The lowest BCUT2D eigenvalue weighted by atomic mass is 9.95. The van der Waals surface area contributed by atoms with Gasteiger partial charge in [-0.3, -0.25) is 4.79 Å². The summed E-state index contributed by atoms with van der Waals surface area (Å²) >= 11 is 0. The first-order valence-corrected chi connectivity index (χ1v) is 11.6. The number of aromatic nitrogens is 1. The van der Waals surface area contributed by atoms with E-state index in [1.165, 1.54) is 57.1 Å². The fourth-order valence-electron chi connectivity index (χ4n) is 5.07. The van der Waals surface area contributed by atoms with Crippen molar-refractivity contribution >= 4 is 5.91 Å². The third-order valence-electron chi connectivity index (χ3n) is 6.56. The molecule has 1 aliphatic rings. The third-order valence-corrected chi connectivity index (χ3v) is 6.56. The Labute approximate surface area is 181 Å². The summed E-state index contributed by atoms with van der Waals surface area (Å²) in [5.41, 5.74) is 11.5. The lowest BCUT2D eigenvalue weighted by Crippen LogP contribution is -2.17. The van der Waals surface area contributed by atoms with Crippen LogP contribution in [0.5, 0.6) is 0 Å². The Morgan fingerprint density at radius 1 is 1.10 bits per heavy atom. The molecule has 1 amide bonds. The van der Waals surface area contributed by atoms with Crippen molar-refractivity contribution in [3.8, 4) is 17.2 Å². The monoisotopic (exact) mass is 405 g/mol. The molecule has 1 aliphatic carbocycles. The largest absolute Gasteiger partial charge is 0.366 e. The maximum atomic E-state index is 12.6. The smallest absolute Gasteiger partial charge is 0.251 e. The number of benzene rings is 1. The normalized spacial score (nSPS) is 15.4. The highest BCUT2D eigenvalue weighted by Gasteiger charge is 2.28. The quantitative estimate of drug-likeness (QED) is 0.537. The highest BCUT2D eigenvalue weighted by molar-refractivity contribution is 6.02. The van der Waals surface area contributed by atoms with Crippen molar-refractivity contribution in [3.05, 3.63) is 46.8 Å². The summed E-state index contributed by atoms with van der Waals surface area (Å²) in [6.07, 6.45) is 13.2. The average molecular weight is 406 g/mol. The van der Waals surface area contributed by atoms with Crippen molar-refractivity contribution in [1.82, 2.24) is 4.57 Å². The van der Waals surface area contributed by atoms with Crippen LogP contribution in [0, 0.1) is 18.3 Å². The SMILES string of the molecule is CCCCCc1c(-c2ccc(C#N)cc2)c(C(N)=O)c(C)n1C1CCCCCCC1. The molecular formula is C26H35N3O. The van der Waals surface area contributed by atoms with E-state index in [9.17, 15) is 10.1 Å². The van der Waals surface area contributed by atoms with Gasteiger partial charge in [-0.05, 0) is 50.3 Å². The molecule has 3 rings (SSSR count). The van der Waals surface area contributed by atoms with Gasteiger partial charge in [0.15, 0.2) is 0 Å². The van der Waals surface area contributed by atoms with Gasteiger partial charge in [-0.1, -0.05) is 64.0 Å². The number of amides is 1. The predicted octanol–water partition coefficient (Wildman–Crippen LogP) is 6.45. The summed E-state index contributed by atoms with van der Waals surface area (Å²) in [6, 6.07) is 10.2. The zero-order valence-electron chi connectivity index (χ0n) is 18.5. The topological polar surface area (TPSA) is 71.8 Å². The van der Waals surface area contributed by atoms with E-state index in [-0.39, 0.29) is 5.91 Å². The van der Waals surface area contributed by atoms with Gasteiger partial charge in [0.25, 0.3) is 5.91 Å². The maximum absolute atomic E-state index is 12.6. The molecular weight excluding hydrogens is 370 g/mol. The summed E-state index contributed by atoms with van der Waals surface area (Å²) in [6.45, 7) is 4.28. The molecule has 160 valence electrons. The van der Waals surface area contributed by atoms with Gasteiger partial charge in [0.05, 0.1) is 17.2 Å². The number of unbranched alkanes of at least 4 members (excludes halogenated alkanes) is 2. The first-order chi connectivity index (χ1) is 14.6. The molecule has 0 bridgehead atoms. The first kappa shape index (κ1) is 22.2. The minimum atomic E-state index is -0.354. The van der Waals surface area contributed by atoms with Gasteiger partial charge in [0, 0.05) is 23.0 Å². The highest BCUT2D eigenvalue weighted by Crippen LogP contribution is 2.39. The number of nitriles is 1. The molecule has 2 aromatic rings. The zero-order valence-corrected chi connectivity index (χ0v) is 18.5. The molecule has 4 nitrogen and oxygen atoms in total. The Bertz CT molecular complexity index is 894. The Morgan fingerprint density at radius 3 is 2.30 bits per heavy atom. The second-order valence-electron chi connectivity index (χ2n) is 8.66. The molecule has 0 radical (unpaired) electrons. The number of rotatable bonds is 7. The van der Waals surface area contributed by atoms with Gasteiger partial charge in [-0.25, -0.2) is 0 Å². The number of carbonyl (C=O) groups excluding carboxylic acids is 1. The summed E-state index contributed by atoms with van der Waals surface area (Å²) in [5.74, 6) is -0.354. The van der Waals surface area contributed by atoms with Gasteiger partial charge >= 0.3 is 0 Å². The Hall–Kier alpha value is -2.54. The fourth-order valence-corrected chi connectivity index (χ4v) is 5.07. The van der Waals surface area contributed by atoms with Gasteiger partial charge in [0.1, 0.15) is 0 Å². The van der Waals surface area contributed by atoms with Crippen LogP contribution in [0.15, 0.2) is 24.3 Å². The maximum Gasteiger partial charge on any atom is 0.251 e. The average Bonchev–Trinajstić information content (AvgIpc) is 3.00. The van der Waals surface area contributed by atoms with E-state index in [0.29, 0.717) is 17.2 Å². The number of nitrogens with two attached hydrogens (primary N) is 1. The van der Waals surface area contributed by atoms with Crippen LogP contribution in [0.4, 0.5) is 0 Å². The standard InChI is InChI=1S/C26H35N3O/c1-3-4-8-13-23-25(21-16-14-20(18-27)15-17-21)24(26(28)30)19(2)29(23)22-11-9-6-5-7-10-12-22/h14-17,22H,3-13H2,1-2H3,(H2,28,30). The summed E-state index contributed by atoms with van der Waals surface area (Å²) in [4.78, 5) is 12.6. The summed E-state index contributed by atoms with van der Waals surface area (Å²) < 4.78 is 2.47. The van der Waals surface area contributed by atoms with Crippen molar-refractivity contribution in [1.29, 1.82) is 5.26 Å². The van der Waals surface area contributed by atoms with Gasteiger partial charge in [-0.15, -0.1) is 0 Å². The molecule has 4 heteroatoms. The molecule has 1 aromatic heterocycles. The molecule has 0 atom stereocenters. The van der Waals surface area contributed by atoms with Gasteiger partial charge in [-0.2, -0.15) is 5.26 Å².